The maximum Gasteiger partial charge on any atom is 0.180 e. The standard InChI is InChI=1S/C24H27N7/c1-5-6-11-21-25-23(24(2,3)4)28-31(21)16-17-12-14-18(15-13-17)19-9-7-8-10-20(19)22-26-29-30-27-22/h5-10,12-15H,11,16H2,1-4H3,(H,26,27,29,30)/b6-5+. The molecule has 0 amide bonds. The van der Waals surface area contributed by atoms with Gasteiger partial charge in [-0.25, -0.2) is 14.8 Å². The number of rotatable bonds is 6. The molecule has 0 fully saturated rings. The van der Waals surface area contributed by atoms with E-state index < -0.39 is 0 Å². The van der Waals surface area contributed by atoms with Gasteiger partial charge < -0.3 is 0 Å². The molecule has 0 aliphatic heterocycles. The lowest BCUT2D eigenvalue weighted by Crippen LogP contribution is -2.14. The fraction of sp³-hybridized carbons (Fsp3) is 0.292. The number of allylic oxidation sites excluding steroid dienone is 2. The average Bonchev–Trinajstić information content (AvgIpc) is 3.43. The third kappa shape index (κ3) is 4.60. The van der Waals surface area contributed by atoms with Gasteiger partial charge >= 0.3 is 0 Å². The summed E-state index contributed by atoms with van der Waals surface area (Å²) in [7, 11) is 0. The van der Waals surface area contributed by atoms with Crippen molar-refractivity contribution in [3.63, 3.8) is 0 Å². The first-order valence-corrected chi connectivity index (χ1v) is 10.4. The molecule has 0 saturated heterocycles. The van der Waals surface area contributed by atoms with E-state index in [4.69, 9.17) is 10.1 Å². The van der Waals surface area contributed by atoms with Gasteiger partial charge in [0.2, 0.25) is 0 Å². The second-order valence-electron chi connectivity index (χ2n) is 8.52. The van der Waals surface area contributed by atoms with Crippen molar-refractivity contribution in [2.45, 2.75) is 46.1 Å². The predicted octanol–water partition coefficient (Wildman–Crippen LogP) is 4.59. The summed E-state index contributed by atoms with van der Waals surface area (Å²) in [5.74, 6) is 2.51. The van der Waals surface area contributed by atoms with Gasteiger partial charge in [-0.15, -0.1) is 5.10 Å². The molecule has 0 bridgehead atoms. The van der Waals surface area contributed by atoms with E-state index in [-0.39, 0.29) is 5.41 Å². The first kappa shape index (κ1) is 20.7. The molecule has 0 aliphatic carbocycles. The van der Waals surface area contributed by atoms with E-state index in [9.17, 15) is 0 Å². The third-order valence-corrected chi connectivity index (χ3v) is 5.08. The van der Waals surface area contributed by atoms with E-state index in [1.165, 1.54) is 5.56 Å². The van der Waals surface area contributed by atoms with Crippen LogP contribution in [0.4, 0.5) is 0 Å². The van der Waals surface area contributed by atoms with Gasteiger partial charge in [0, 0.05) is 17.4 Å². The minimum Gasteiger partial charge on any atom is -0.245 e. The van der Waals surface area contributed by atoms with Crippen LogP contribution in [0.1, 0.15) is 44.9 Å². The molecule has 0 spiro atoms. The maximum absolute atomic E-state index is 4.80. The highest BCUT2D eigenvalue weighted by molar-refractivity contribution is 5.80. The van der Waals surface area contributed by atoms with Gasteiger partial charge in [0.1, 0.15) is 5.82 Å². The highest BCUT2D eigenvalue weighted by Crippen LogP contribution is 2.30. The number of aromatic amines is 1. The average molecular weight is 414 g/mol. The van der Waals surface area contributed by atoms with E-state index >= 15 is 0 Å². The van der Waals surface area contributed by atoms with Gasteiger partial charge in [0.15, 0.2) is 11.6 Å². The zero-order valence-electron chi connectivity index (χ0n) is 18.4. The number of aromatic nitrogens is 7. The fourth-order valence-electron chi connectivity index (χ4n) is 3.37. The van der Waals surface area contributed by atoms with Crippen LogP contribution in [0, 0.1) is 0 Å². The van der Waals surface area contributed by atoms with Gasteiger partial charge in [-0.2, -0.15) is 5.10 Å². The minimum absolute atomic E-state index is 0.0843. The predicted molar refractivity (Wildman–Crippen MR) is 121 cm³/mol. The summed E-state index contributed by atoms with van der Waals surface area (Å²) in [6.07, 6.45) is 4.94. The van der Waals surface area contributed by atoms with Crippen LogP contribution in [0.3, 0.4) is 0 Å². The van der Waals surface area contributed by atoms with Crippen LogP contribution >= 0.6 is 0 Å². The summed E-state index contributed by atoms with van der Waals surface area (Å²) in [5.41, 5.74) is 4.25. The summed E-state index contributed by atoms with van der Waals surface area (Å²) in [6.45, 7) is 9.13. The molecule has 2 aromatic heterocycles. The first-order chi connectivity index (χ1) is 15.0. The van der Waals surface area contributed by atoms with Gasteiger partial charge in [-0.1, -0.05) is 81.5 Å². The van der Waals surface area contributed by atoms with Crippen molar-refractivity contribution in [2.75, 3.05) is 0 Å². The number of benzene rings is 2. The van der Waals surface area contributed by atoms with E-state index in [0.717, 1.165) is 34.8 Å². The number of nitrogens with zero attached hydrogens (tertiary/aromatic N) is 6. The molecule has 31 heavy (non-hydrogen) atoms. The lowest BCUT2D eigenvalue weighted by Gasteiger charge is -2.12. The highest BCUT2D eigenvalue weighted by atomic mass is 15.5. The van der Waals surface area contributed by atoms with Crippen LogP contribution in [0.2, 0.25) is 0 Å². The second kappa shape index (κ2) is 8.63. The number of nitrogens with one attached hydrogen (secondary N) is 1. The smallest absolute Gasteiger partial charge is 0.180 e. The molecule has 0 saturated carbocycles. The second-order valence-corrected chi connectivity index (χ2v) is 8.52. The lowest BCUT2D eigenvalue weighted by atomic mass is 9.96. The van der Waals surface area contributed by atoms with Gasteiger partial charge in [0.05, 0.1) is 6.54 Å². The Bertz CT molecular complexity index is 1160. The fourth-order valence-corrected chi connectivity index (χ4v) is 3.37. The number of tetrazole rings is 1. The van der Waals surface area contributed by atoms with E-state index in [0.29, 0.717) is 12.4 Å². The molecule has 2 heterocycles. The van der Waals surface area contributed by atoms with Gasteiger partial charge in [-0.3, -0.25) is 0 Å². The molecular weight excluding hydrogens is 386 g/mol. The van der Waals surface area contributed by atoms with Crippen molar-refractivity contribution in [1.82, 2.24) is 35.4 Å². The Labute approximate surface area is 182 Å². The van der Waals surface area contributed by atoms with Gasteiger partial charge in [-0.05, 0) is 34.0 Å². The first-order valence-electron chi connectivity index (χ1n) is 10.4. The zero-order chi connectivity index (χ0) is 21.8. The Morgan fingerprint density at radius 2 is 1.74 bits per heavy atom. The van der Waals surface area contributed by atoms with Crippen LogP contribution in [0.25, 0.3) is 22.5 Å². The Balaban J connectivity index is 1.61. The minimum atomic E-state index is -0.0843. The Morgan fingerprint density at radius 1 is 1.00 bits per heavy atom. The molecule has 4 aromatic rings. The molecule has 1 N–H and O–H groups in total. The largest absolute Gasteiger partial charge is 0.245 e. The summed E-state index contributed by atoms with van der Waals surface area (Å²) in [5, 5.41) is 19.1. The summed E-state index contributed by atoms with van der Waals surface area (Å²) < 4.78 is 2.02. The summed E-state index contributed by atoms with van der Waals surface area (Å²) >= 11 is 0. The van der Waals surface area contributed by atoms with Crippen molar-refractivity contribution in [3.05, 3.63) is 77.9 Å². The SMILES string of the molecule is C/C=C/Cc1nc(C(C)(C)C)nn1Cc1ccc(-c2ccccc2-c2nnn[nH]2)cc1. The topological polar surface area (TPSA) is 85.2 Å². The van der Waals surface area contributed by atoms with Crippen LogP contribution in [-0.4, -0.2) is 35.4 Å². The van der Waals surface area contributed by atoms with E-state index in [1.807, 2.05) is 35.9 Å². The molecule has 7 heteroatoms. The number of hydrogen-bond donors (Lipinski definition) is 1. The van der Waals surface area contributed by atoms with Crippen LogP contribution in [-0.2, 0) is 18.4 Å². The Hall–Kier alpha value is -3.61. The van der Waals surface area contributed by atoms with Gasteiger partial charge in [0.25, 0.3) is 0 Å². The van der Waals surface area contributed by atoms with Crippen molar-refractivity contribution < 1.29 is 0 Å². The lowest BCUT2D eigenvalue weighted by molar-refractivity contribution is 0.532. The van der Waals surface area contributed by atoms with Crippen molar-refractivity contribution >= 4 is 0 Å². The van der Waals surface area contributed by atoms with Crippen LogP contribution in [0.15, 0.2) is 60.7 Å². The monoisotopic (exact) mass is 413 g/mol. The molecule has 0 radical (unpaired) electrons. The van der Waals surface area contributed by atoms with E-state index in [2.05, 4.69) is 77.8 Å². The van der Waals surface area contributed by atoms with Crippen molar-refractivity contribution in [3.8, 4) is 22.5 Å². The zero-order valence-corrected chi connectivity index (χ0v) is 18.4. The highest BCUT2D eigenvalue weighted by Gasteiger charge is 2.21. The summed E-state index contributed by atoms with van der Waals surface area (Å²) in [6, 6.07) is 16.6. The van der Waals surface area contributed by atoms with E-state index in [1.54, 1.807) is 0 Å². The number of H-pyrrole nitrogens is 1. The van der Waals surface area contributed by atoms with Crippen molar-refractivity contribution in [2.24, 2.45) is 0 Å². The van der Waals surface area contributed by atoms with Crippen LogP contribution in [0.5, 0.6) is 0 Å². The maximum atomic E-state index is 4.80. The molecule has 7 nitrogen and oxygen atoms in total. The Kier molecular flexibility index (Phi) is 5.75. The molecule has 0 unspecified atom stereocenters. The number of hydrogen-bond acceptors (Lipinski definition) is 5. The Morgan fingerprint density at radius 3 is 2.39 bits per heavy atom. The quantitative estimate of drug-likeness (QED) is 0.467. The normalized spacial score (nSPS) is 12.0. The molecule has 0 aliphatic rings. The summed E-state index contributed by atoms with van der Waals surface area (Å²) in [4.78, 5) is 4.80. The molecule has 158 valence electrons. The van der Waals surface area contributed by atoms with Crippen LogP contribution < -0.4 is 0 Å². The third-order valence-electron chi connectivity index (χ3n) is 5.08. The molecule has 0 atom stereocenters. The molecule has 2 aromatic carbocycles. The van der Waals surface area contributed by atoms with Crippen molar-refractivity contribution in [1.29, 1.82) is 0 Å². The molecule has 4 rings (SSSR count). The molecular formula is C24H27N7.